The van der Waals surface area contributed by atoms with Crippen LogP contribution in [0.2, 0.25) is 10.0 Å². The predicted octanol–water partition coefficient (Wildman–Crippen LogP) is 5.38. The zero-order valence-electron chi connectivity index (χ0n) is 15.7. The van der Waals surface area contributed by atoms with Gasteiger partial charge in [0.25, 0.3) is 15.9 Å². The third-order valence-corrected chi connectivity index (χ3v) is 7.02. The van der Waals surface area contributed by atoms with Gasteiger partial charge >= 0.3 is 0 Å². The maximum atomic E-state index is 12.9. The first kappa shape index (κ1) is 21.2. The van der Waals surface area contributed by atoms with E-state index in [1.54, 1.807) is 55.5 Å². The molecule has 0 spiro atoms. The molecule has 0 aromatic heterocycles. The lowest BCUT2D eigenvalue weighted by molar-refractivity contribution is 0.102. The van der Waals surface area contributed by atoms with Gasteiger partial charge in [0.1, 0.15) is 0 Å². The zero-order chi connectivity index (χ0) is 21.2. The van der Waals surface area contributed by atoms with Crippen molar-refractivity contribution in [1.29, 1.82) is 0 Å². The molecule has 0 aliphatic heterocycles. The fraction of sp³-hybridized carbons (Fsp3) is 0.0952. The van der Waals surface area contributed by atoms with Crippen LogP contribution < -0.4 is 9.62 Å². The van der Waals surface area contributed by atoms with E-state index in [1.165, 1.54) is 29.6 Å². The number of carbonyl (C=O) groups is 1. The maximum absolute atomic E-state index is 12.9. The Morgan fingerprint density at radius 3 is 2.34 bits per heavy atom. The van der Waals surface area contributed by atoms with E-state index >= 15 is 0 Å². The lowest BCUT2D eigenvalue weighted by Crippen LogP contribution is -2.27. The Balaban J connectivity index is 1.94. The molecule has 150 valence electrons. The molecule has 0 saturated carbocycles. The molecule has 29 heavy (non-hydrogen) atoms. The van der Waals surface area contributed by atoms with Crippen molar-refractivity contribution in [3.05, 3.63) is 87.9 Å². The van der Waals surface area contributed by atoms with Gasteiger partial charge in [0.2, 0.25) is 0 Å². The summed E-state index contributed by atoms with van der Waals surface area (Å²) in [6.07, 6.45) is 0. The van der Waals surface area contributed by atoms with Crippen LogP contribution in [-0.2, 0) is 10.0 Å². The van der Waals surface area contributed by atoms with Crippen molar-refractivity contribution in [3.63, 3.8) is 0 Å². The van der Waals surface area contributed by atoms with E-state index < -0.39 is 15.9 Å². The van der Waals surface area contributed by atoms with Crippen LogP contribution in [0.3, 0.4) is 0 Å². The van der Waals surface area contributed by atoms with Gasteiger partial charge in [-0.15, -0.1) is 0 Å². The standard InChI is InChI=1S/C21H18Cl2N2O3S/c1-14-11-12-15(21(26)24-18-10-6-9-17(22)20(18)23)13-19(14)25(2)29(27,28)16-7-4-3-5-8-16/h3-13H,1-2H3,(H,24,26). The van der Waals surface area contributed by atoms with Crippen molar-refractivity contribution in [1.82, 2.24) is 0 Å². The maximum Gasteiger partial charge on any atom is 0.264 e. The lowest BCUT2D eigenvalue weighted by atomic mass is 10.1. The SMILES string of the molecule is Cc1ccc(C(=O)Nc2cccc(Cl)c2Cl)cc1N(C)S(=O)(=O)c1ccccc1. The molecule has 3 aromatic carbocycles. The summed E-state index contributed by atoms with van der Waals surface area (Å²) in [6, 6.07) is 17.9. The number of halogens is 2. The highest BCUT2D eigenvalue weighted by Gasteiger charge is 2.23. The van der Waals surface area contributed by atoms with Crippen molar-refractivity contribution < 1.29 is 13.2 Å². The van der Waals surface area contributed by atoms with Crippen LogP contribution in [0.1, 0.15) is 15.9 Å². The molecule has 3 aromatic rings. The molecule has 0 aliphatic rings. The molecular formula is C21H18Cl2N2O3S. The average Bonchev–Trinajstić information content (AvgIpc) is 2.71. The minimum atomic E-state index is -3.77. The summed E-state index contributed by atoms with van der Waals surface area (Å²) >= 11 is 12.1. The molecule has 1 N–H and O–H groups in total. The Hall–Kier alpha value is -2.54. The van der Waals surface area contributed by atoms with E-state index in [2.05, 4.69) is 5.32 Å². The highest BCUT2D eigenvalue weighted by Crippen LogP contribution is 2.31. The average molecular weight is 449 g/mol. The molecule has 8 heteroatoms. The van der Waals surface area contributed by atoms with Crippen LogP contribution in [0.4, 0.5) is 11.4 Å². The lowest BCUT2D eigenvalue weighted by Gasteiger charge is -2.22. The van der Waals surface area contributed by atoms with Crippen molar-refractivity contribution in [2.24, 2.45) is 0 Å². The third-order valence-electron chi connectivity index (χ3n) is 4.41. The first-order valence-electron chi connectivity index (χ1n) is 8.62. The van der Waals surface area contributed by atoms with E-state index in [0.717, 1.165) is 0 Å². The minimum absolute atomic E-state index is 0.169. The number of carbonyl (C=O) groups excluding carboxylic acids is 1. The summed E-state index contributed by atoms with van der Waals surface area (Å²) in [7, 11) is -2.31. The summed E-state index contributed by atoms with van der Waals surface area (Å²) in [5, 5.41) is 3.26. The Morgan fingerprint density at radius 1 is 0.966 bits per heavy atom. The fourth-order valence-corrected chi connectivity index (χ4v) is 4.39. The number of rotatable bonds is 5. The summed E-state index contributed by atoms with van der Waals surface area (Å²) in [5.74, 6) is -0.430. The Bertz CT molecular complexity index is 1170. The second-order valence-corrected chi connectivity index (χ2v) is 9.10. The Kier molecular flexibility index (Phi) is 6.17. The second-order valence-electron chi connectivity index (χ2n) is 6.34. The molecule has 0 fully saturated rings. The molecule has 0 unspecified atom stereocenters. The number of benzene rings is 3. The van der Waals surface area contributed by atoms with Crippen LogP contribution in [0, 0.1) is 6.92 Å². The molecule has 0 heterocycles. The van der Waals surface area contributed by atoms with Gasteiger partial charge in [0.15, 0.2) is 0 Å². The largest absolute Gasteiger partial charge is 0.321 e. The van der Waals surface area contributed by atoms with Crippen molar-refractivity contribution in [3.8, 4) is 0 Å². The zero-order valence-corrected chi connectivity index (χ0v) is 18.0. The molecule has 0 bridgehead atoms. The first-order chi connectivity index (χ1) is 13.7. The molecule has 1 amide bonds. The van der Waals surface area contributed by atoms with Gasteiger partial charge in [0, 0.05) is 12.6 Å². The van der Waals surface area contributed by atoms with E-state index in [0.29, 0.717) is 22.0 Å². The normalized spacial score (nSPS) is 11.2. The number of sulfonamides is 1. The molecular weight excluding hydrogens is 431 g/mol. The quantitative estimate of drug-likeness (QED) is 0.569. The number of amides is 1. The summed E-state index contributed by atoms with van der Waals surface area (Å²) in [6.45, 7) is 1.78. The molecule has 3 rings (SSSR count). The smallest absolute Gasteiger partial charge is 0.264 e. The summed E-state index contributed by atoms with van der Waals surface area (Å²) in [5.41, 5.74) is 1.77. The van der Waals surface area contributed by atoms with Gasteiger partial charge < -0.3 is 5.32 Å². The number of anilines is 2. The van der Waals surface area contributed by atoms with Crippen LogP contribution >= 0.6 is 23.2 Å². The number of nitrogens with one attached hydrogen (secondary N) is 1. The van der Waals surface area contributed by atoms with Gasteiger partial charge in [-0.05, 0) is 48.9 Å². The van der Waals surface area contributed by atoms with E-state index in [1.807, 2.05) is 0 Å². The second kappa shape index (κ2) is 8.45. The highest BCUT2D eigenvalue weighted by molar-refractivity contribution is 7.92. The van der Waals surface area contributed by atoms with Crippen LogP contribution in [0.25, 0.3) is 0 Å². The van der Waals surface area contributed by atoms with Gasteiger partial charge in [-0.25, -0.2) is 8.42 Å². The van der Waals surface area contributed by atoms with Crippen molar-refractivity contribution in [2.45, 2.75) is 11.8 Å². The number of hydrogen-bond donors (Lipinski definition) is 1. The van der Waals surface area contributed by atoms with E-state index in [4.69, 9.17) is 23.2 Å². The Morgan fingerprint density at radius 2 is 1.66 bits per heavy atom. The van der Waals surface area contributed by atoms with Crippen LogP contribution in [-0.4, -0.2) is 21.4 Å². The number of nitrogens with zero attached hydrogens (tertiary/aromatic N) is 1. The first-order valence-corrected chi connectivity index (χ1v) is 10.8. The number of aryl methyl sites for hydroxylation is 1. The van der Waals surface area contributed by atoms with Gasteiger partial charge in [-0.3, -0.25) is 9.10 Å². The highest BCUT2D eigenvalue weighted by atomic mass is 35.5. The molecule has 0 radical (unpaired) electrons. The van der Waals surface area contributed by atoms with Gasteiger partial charge in [0.05, 0.1) is 26.3 Å². The van der Waals surface area contributed by atoms with Crippen molar-refractivity contribution >= 4 is 50.5 Å². The van der Waals surface area contributed by atoms with Gasteiger partial charge in [-0.2, -0.15) is 0 Å². The van der Waals surface area contributed by atoms with E-state index in [-0.39, 0.29) is 15.5 Å². The third kappa shape index (κ3) is 4.40. The topological polar surface area (TPSA) is 66.5 Å². The van der Waals surface area contributed by atoms with Crippen LogP contribution in [0.15, 0.2) is 71.6 Å². The van der Waals surface area contributed by atoms with Crippen LogP contribution in [0.5, 0.6) is 0 Å². The molecule has 0 aliphatic carbocycles. The monoisotopic (exact) mass is 448 g/mol. The summed E-state index contributed by atoms with van der Waals surface area (Å²) < 4.78 is 27.0. The molecule has 5 nitrogen and oxygen atoms in total. The van der Waals surface area contributed by atoms with Crippen molar-refractivity contribution in [2.75, 3.05) is 16.7 Å². The van der Waals surface area contributed by atoms with Gasteiger partial charge in [-0.1, -0.05) is 53.5 Å². The fourth-order valence-electron chi connectivity index (χ4n) is 2.76. The number of hydrogen-bond acceptors (Lipinski definition) is 3. The predicted molar refractivity (Wildman–Crippen MR) is 118 cm³/mol. The Labute approximate surface area is 179 Å². The van der Waals surface area contributed by atoms with E-state index in [9.17, 15) is 13.2 Å². The molecule has 0 saturated heterocycles. The summed E-state index contributed by atoms with van der Waals surface area (Å²) in [4.78, 5) is 12.9. The minimum Gasteiger partial charge on any atom is -0.321 e. The molecule has 0 atom stereocenters.